The number of sulfone groups is 1. The lowest BCUT2D eigenvalue weighted by atomic mass is 10.1. The van der Waals surface area contributed by atoms with Gasteiger partial charge in [0.05, 0.1) is 17.2 Å². The van der Waals surface area contributed by atoms with Gasteiger partial charge in [0.2, 0.25) is 0 Å². The molecule has 2 atom stereocenters. The Morgan fingerprint density at radius 2 is 2.31 bits per heavy atom. The summed E-state index contributed by atoms with van der Waals surface area (Å²) in [4.78, 5) is 4.25. The van der Waals surface area contributed by atoms with Crippen molar-refractivity contribution in [3.8, 4) is 0 Å². The van der Waals surface area contributed by atoms with Gasteiger partial charge in [-0.2, -0.15) is 0 Å². The molecule has 1 aromatic heterocycles. The van der Waals surface area contributed by atoms with E-state index in [9.17, 15) is 8.42 Å². The highest BCUT2D eigenvalue weighted by molar-refractivity contribution is 7.91. The highest BCUT2D eigenvalue weighted by atomic mass is 32.2. The Morgan fingerprint density at radius 1 is 1.50 bits per heavy atom. The van der Waals surface area contributed by atoms with E-state index >= 15 is 0 Å². The Hall–Kier alpha value is -0.940. The quantitative estimate of drug-likeness (QED) is 0.853. The molecule has 1 N–H and O–H groups in total. The van der Waals surface area contributed by atoms with E-state index in [1.54, 1.807) is 6.20 Å². The van der Waals surface area contributed by atoms with Crippen LogP contribution >= 0.6 is 0 Å². The molecule has 1 aliphatic rings. The number of rotatable bonds is 3. The van der Waals surface area contributed by atoms with Crippen molar-refractivity contribution in [3.63, 3.8) is 0 Å². The van der Waals surface area contributed by atoms with Crippen LogP contribution in [0.25, 0.3) is 0 Å². The zero-order chi connectivity index (χ0) is 11.6. The number of nitrogens with one attached hydrogen (secondary N) is 1. The van der Waals surface area contributed by atoms with Crippen LogP contribution < -0.4 is 5.32 Å². The summed E-state index contributed by atoms with van der Waals surface area (Å²) in [7, 11) is -2.81. The van der Waals surface area contributed by atoms with Crippen LogP contribution in [0.3, 0.4) is 0 Å². The Kier molecular flexibility index (Phi) is 3.25. The van der Waals surface area contributed by atoms with Gasteiger partial charge in [-0.05, 0) is 25.5 Å². The first-order valence-electron chi connectivity index (χ1n) is 5.44. The van der Waals surface area contributed by atoms with Gasteiger partial charge in [-0.3, -0.25) is 4.98 Å². The zero-order valence-corrected chi connectivity index (χ0v) is 10.1. The minimum atomic E-state index is -2.81. The minimum Gasteiger partial charge on any atom is -0.305 e. The fourth-order valence-corrected chi connectivity index (χ4v) is 3.68. The van der Waals surface area contributed by atoms with Crippen molar-refractivity contribution in [1.82, 2.24) is 10.3 Å². The molecule has 0 radical (unpaired) electrons. The van der Waals surface area contributed by atoms with Crippen LogP contribution in [0.4, 0.5) is 0 Å². The number of aromatic nitrogens is 1. The van der Waals surface area contributed by atoms with Gasteiger partial charge < -0.3 is 5.32 Å². The molecule has 0 aliphatic carbocycles. The molecule has 1 saturated heterocycles. The van der Waals surface area contributed by atoms with Crippen molar-refractivity contribution in [2.75, 3.05) is 11.5 Å². The number of nitrogens with zero attached hydrogens (tertiary/aromatic N) is 1. The molecule has 1 aliphatic heterocycles. The summed E-state index contributed by atoms with van der Waals surface area (Å²) in [5.74, 6) is 0.559. The highest BCUT2D eigenvalue weighted by Gasteiger charge is 2.28. The Bertz CT molecular complexity index is 444. The first-order chi connectivity index (χ1) is 7.57. The maximum absolute atomic E-state index is 11.3. The molecule has 2 heterocycles. The smallest absolute Gasteiger partial charge is 0.151 e. The molecule has 0 bridgehead atoms. The summed E-state index contributed by atoms with van der Waals surface area (Å²) in [6, 6.07) is 5.92. The molecule has 88 valence electrons. The summed E-state index contributed by atoms with van der Waals surface area (Å²) in [6.45, 7) is 2.01. The van der Waals surface area contributed by atoms with Crippen LogP contribution in [0, 0.1) is 0 Å². The highest BCUT2D eigenvalue weighted by Crippen LogP contribution is 2.16. The second-order valence-electron chi connectivity index (χ2n) is 4.24. The second-order valence-corrected chi connectivity index (χ2v) is 6.47. The SMILES string of the molecule is C[C@@H](NC1CCS(=O)(=O)C1)c1ccccn1. The lowest BCUT2D eigenvalue weighted by molar-refractivity contribution is 0.477. The summed E-state index contributed by atoms with van der Waals surface area (Å²) in [6.07, 6.45) is 2.46. The zero-order valence-electron chi connectivity index (χ0n) is 9.26. The largest absolute Gasteiger partial charge is 0.305 e. The normalized spacial score (nSPS) is 25.4. The molecular formula is C11H16N2O2S. The lowest BCUT2D eigenvalue weighted by Crippen LogP contribution is -2.32. The molecular weight excluding hydrogens is 224 g/mol. The van der Waals surface area contributed by atoms with Gasteiger partial charge >= 0.3 is 0 Å². The molecule has 2 rings (SSSR count). The second kappa shape index (κ2) is 4.51. The van der Waals surface area contributed by atoms with Crippen LogP contribution in [0.1, 0.15) is 25.1 Å². The van der Waals surface area contributed by atoms with Gasteiger partial charge in [-0.15, -0.1) is 0 Å². The van der Waals surface area contributed by atoms with Gasteiger partial charge in [0.25, 0.3) is 0 Å². The summed E-state index contributed by atoms with van der Waals surface area (Å²) in [5.41, 5.74) is 0.951. The molecule has 5 heteroatoms. The van der Waals surface area contributed by atoms with Crippen molar-refractivity contribution in [3.05, 3.63) is 30.1 Å². The maximum Gasteiger partial charge on any atom is 0.151 e. The number of hydrogen-bond donors (Lipinski definition) is 1. The van der Waals surface area contributed by atoms with Gasteiger partial charge in [-0.1, -0.05) is 6.07 Å². The molecule has 0 amide bonds. The van der Waals surface area contributed by atoms with Crippen LogP contribution in [0.5, 0.6) is 0 Å². The molecule has 1 aromatic rings. The Morgan fingerprint density at radius 3 is 2.88 bits per heavy atom. The number of pyridine rings is 1. The van der Waals surface area contributed by atoms with E-state index in [0.29, 0.717) is 12.2 Å². The van der Waals surface area contributed by atoms with E-state index in [4.69, 9.17) is 0 Å². The van der Waals surface area contributed by atoms with E-state index in [1.165, 1.54) is 0 Å². The first kappa shape index (κ1) is 11.5. The molecule has 0 saturated carbocycles. The summed E-state index contributed by atoms with van der Waals surface area (Å²) in [5, 5.41) is 3.31. The molecule has 1 unspecified atom stereocenters. The third-order valence-corrected chi connectivity index (χ3v) is 4.62. The number of hydrogen-bond acceptors (Lipinski definition) is 4. The van der Waals surface area contributed by atoms with Crippen molar-refractivity contribution in [2.24, 2.45) is 0 Å². The average molecular weight is 240 g/mol. The molecule has 0 aromatic carbocycles. The van der Waals surface area contributed by atoms with Crippen LogP contribution in [-0.4, -0.2) is 30.9 Å². The molecule has 0 spiro atoms. The van der Waals surface area contributed by atoms with Gasteiger partial charge in [0.1, 0.15) is 0 Å². The molecule has 1 fully saturated rings. The first-order valence-corrected chi connectivity index (χ1v) is 7.26. The van der Waals surface area contributed by atoms with Gasteiger partial charge in [0.15, 0.2) is 9.84 Å². The summed E-state index contributed by atoms with van der Waals surface area (Å²) < 4.78 is 22.6. The van der Waals surface area contributed by atoms with Crippen molar-refractivity contribution in [1.29, 1.82) is 0 Å². The van der Waals surface area contributed by atoms with E-state index < -0.39 is 9.84 Å². The fourth-order valence-electron chi connectivity index (χ4n) is 2.00. The van der Waals surface area contributed by atoms with E-state index in [2.05, 4.69) is 10.3 Å². The van der Waals surface area contributed by atoms with Gasteiger partial charge in [-0.25, -0.2) is 8.42 Å². The van der Waals surface area contributed by atoms with Crippen LogP contribution in [-0.2, 0) is 9.84 Å². The topological polar surface area (TPSA) is 59.1 Å². The minimum absolute atomic E-state index is 0.0713. The van der Waals surface area contributed by atoms with E-state index in [0.717, 1.165) is 5.69 Å². The van der Waals surface area contributed by atoms with Crippen molar-refractivity contribution < 1.29 is 8.42 Å². The predicted molar refractivity (Wildman–Crippen MR) is 62.8 cm³/mol. The Balaban J connectivity index is 1.96. The van der Waals surface area contributed by atoms with Crippen molar-refractivity contribution >= 4 is 9.84 Å². The third-order valence-electron chi connectivity index (χ3n) is 2.85. The standard InChI is InChI=1S/C11H16N2O2S/c1-9(11-4-2-3-6-12-11)13-10-5-7-16(14,15)8-10/h2-4,6,9-10,13H,5,7-8H2,1H3/t9-,10?/m1/s1. The van der Waals surface area contributed by atoms with Crippen molar-refractivity contribution in [2.45, 2.75) is 25.4 Å². The van der Waals surface area contributed by atoms with E-state index in [-0.39, 0.29) is 17.8 Å². The Labute approximate surface area is 96.0 Å². The predicted octanol–water partition coefficient (Wildman–Crippen LogP) is 0.919. The molecule has 16 heavy (non-hydrogen) atoms. The maximum atomic E-state index is 11.3. The fraction of sp³-hybridized carbons (Fsp3) is 0.545. The molecule has 4 nitrogen and oxygen atoms in total. The van der Waals surface area contributed by atoms with Gasteiger partial charge in [0, 0.05) is 18.3 Å². The van der Waals surface area contributed by atoms with E-state index in [1.807, 2.05) is 25.1 Å². The summed E-state index contributed by atoms with van der Waals surface area (Å²) >= 11 is 0. The van der Waals surface area contributed by atoms with Crippen LogP contribution in [0.15, 0.2) is 24.4 Å². The third kappa shape index (κ3) is 2.80. The monoisotopic (exact) mass is 240 g/mol. The average Bonchev–Trinajstić information content (AvgIpc) is 2.59. The van der Waals surface area contributed by atoms with Crippen LogP contribution in [0.2, 0.25) is 0 Å². The lowest BCUT2D eigenvalue weighted by Gasteiger charge is -2.17.